The Labute approximate surface area is 53.3 Å². The van der Waals surface area contributed by atoms with Crippen LogP contribution in [0, 0.1) is 0 Å². The minimum absolute atomic E-state index is 0.204. The number of ketones is 1. The predicted molar refractivity (Wildman–Crippen MR) is 37.2 cm³/mol. The quantitative estimate of drug-likeness (QED) is 0.579. The highest BCUT2D eigenvalue weighted by atomic mass is 32.2. The highest BCUT2D eigenvalue weighted by Gasteiger charge is 1.92. The molecule has 0 atom stereocenters. The summed E-state index contributed by atoms with van der Waals surface area (Å²) in [7, 11) is 0. The summed E-state index contributed by atoms with van der Waals surface area (Å²) in [5, 5.41) is 0. The molecule has 0 bridgehead atoms. The lowest BCUT2D eigenvalue weighted by Gasteiger charge is -1.86. The van der Waals surface area contributed by atoms with Gasteiger partial charge in [0.05, 0.1) is 11.5 Å². The van der Waals surface area contributed by atoms with Crippen molar-refractivity contribution in [2.24, 2.45) is 0 Å². The molecule has 0 aliphatic rings. The lowest BCUT2D eigenvalue weighted by atomic mass is 10.5. The maximum atomic E-state index is 10.3. The molecule has 0 aliphatic carbocycles. The number of rotatable bonds is 3. The number of carbonyl (C=O) groups is 1. The van der Waals surface area contributed by atoms with Gasteiger partial charge in [0.2, 0.25) is 0 Å². The van der Waals surface area contributed by atoms with Crippen molar-refractivity contribution in [3.63, 3.8) is 0 Å². The fourth-order valence-electron chi connectivity index (χ4n) is 0.207. The van der Waals surface area contributed by atoms with Gasteiger partial charge in [-0.05, 0) is 6.26 Å². The van der Waals surface area contributed by atoms with Crippen molar-refractivity contribution in [3.8, 4) is 0 Å². The minimum Gasteiger partial charge on any atom is -0.298 e. The first-order valence-corrected chi connectivity index (χ1v) is 3.95. The van der Waals surface area contributed by atoms with E-state index in [9.17, 15) is 4.79 Å². The summed E-state index contributed by atoms with van der Waals surface area (Å²) in [6.07, 6.45) is 1.90. The van der Waals surface area contributed by atoms with Crippen LogP contribution in [0.1, 0.15) is 0 Å². The molecule has 0 amide bonds. The van der Waals surface area contributed by atoms with Crippen molar-refractivity contribution in [1.29, 1.82) is 0 Å². The fraction of sp³-hybridized carbons (Fsp3) is 0.750. The van der Waals surface area contributed by atoms with Gasteiger partial charge >= 0.3 is 0 Å². The second-order valence-electron chi connectivity index (χ2n) is 1.13. The van der Waals surface area contributed by atoms with Gasteiger partial charge in [-0.3, -0.25) is 4.79 Å². The van der Waals surface area contributed by atoms with Crippen LogP contribution < -0.4 is 0 Å². The van der Waals surface area contributed by atoms with Crippen LogP contribution in [0.4, 0.5) is 0 Å². The summed E-state index contributed by atoms with van der Waals surface area (Å²) in [6.45, 7) is 0. The third-order valence-corrected chi connectivity index (χ3v) is 1.45. The molecule has 3 heteroatoms. The van der Waals surface area contributed by atoms with Crippen LogP contribution in [0.2, 0.25) is 0 Å². The third kappa shape index (κ3) is 4.22. The molecule has 0 heterocycles. The van der Waals surface area contributed by atoms with Crippen molar-refractivity contribution >= 4 is 30.2 Å². The largest absolute Gasteiger partial charge is 0.298 e. The van der Waals surface area contributed by atoms with Crippen LogP contribution in [-0.4, -0.2) is 23.5 Å². The van der Waals surface area contributed by atoms with Crippen LogP contribution in [0.25, 0.3) is 0 Å². The van der Waals surface area contributed by atoms with Gasteiger partial charge in [0, 0.05) is 0 Å². The molecule has 0 unspecified atom stereocenters. The van der Waals surface area contributed by atoms with Gasteiger partial charge in [0.1, 0.15) is 0 Å². The Balaban J connectivity index is 3.00. The molecule has 0 N–H and O–H groups in total. The lowest BCUT2D eigenvalue weighted by Crippen LogP contribution is -2.00. The van der Waals surface area contributed by atoms with E-state index in [1.165, 1.54) is 11.8 Å². The van der Waals surface area contributed by atoms with Crippen LogP contribution in [0.5, 0.6) is 0 Å². The maximum absolute atomic E-state index is 10.3. The molecule has 7 heavy (non-hydrogen) atoms. The Morgan fingerprint density at radius 3 is 2.57 bits per heavy atom. The van der Waals surface area contributed by atoms with Crippen molar-refractivity contribution in [2.75, 3.05) is 17.8 Å². The van der Waals surface area contributed by atoms with E-state index in [4.69, 9.17) is 0 Å². The molecule has 0 rings (SSSR count). The Hall–Kier alpha value is 0.370. The topological polar surface area (TPSA) is 17.1 Å². The summed E-state index contributed by atoms with van der Waals surface area (Å²) in [6, 6.07) is 0. The van der Waals surface area contributed by atoms with Gasteiger partial charge in [-0.2, -0.15) is 24.4 Å². The Morgan fingerprint density at radius 2 is 2.43 bits per heavy atom. The average molecular weight is 136 g/mol. The molecule has 0 aromatic rings. The van der Waals surface area contributed by atoms with E-state index in [0.717, 1.165) is 0 Å². The first-order valence-electron chi connectivity index (χ1n) is 1.92. The minimum atomic E-state index is 0.204. The molecule has 42 valence electrons. The van der Waals surface area contributed by atoms with Crippen molar-refractivity contribution < 1.29 is 4.79 Å². The normalized spacial score (nSPS) is 8.86. The summed E-state index contributed by atoms with van der Waals surface area (Å²) in [5.41, 5.74) is 0. The molecule has 0 aromatic heterocycles. The molecule has 0 radical (unpaired) electrons. The molecule has 0 aromatic carbocycles. The average Bonchev–Trinajstić information content (AvgIpc) is 1.68. The molecule has 0 saturated carbocycles. The van der Waals surface area contributed by atoms with Crippen LogP contribution in [0.15, 0.2) is 0 Å². The number of hydrogen-bond donors (Lipinski definition) is 1. The standard InChI is InChI=1S/C4H8OS2/c1-7-3-4(5)2-6/h6H,2-3H2,1H3. The van der Waals surface area contributed by atoms with Crippen molar-refractivity contribution in [1.82, 2.24) is 0 Å². The van der Waals surface area contributed by atoms with Crippen LogP contribution in [0.3, 0.4) is 0 Å². The maximum Gasteiger partial charge on any atom is 0.152 e. The van der Waals surface area contributed by atoms with E-state index >= 15 is 0 Å². The zero-order chi connectivity index (χ0) is 5.70. The first kappa shape index (κ1) is 7.37. The van der Waals surface area contributed by atoms with Gasteiger partial charge in [-0.25, -0.2) is 0 Å². The highest BCUT2D eigenvalue weighted by molar-refractivity contribution is 7.99. The molecule has 0 fully saturated rings. The SMILES string of the molecule is CSCC(=O)CS. The second kappa shape index (κ2) is 4.53. The summed E-state index contributed by atoms with van der Waals surface area (Å²) >= 11 is 5.32. The van der Waals surface area contributed by atoms with Gasteiger partial charge < -0.3 is 0 Å². The van der Waals surface area contributed by atoms with E-state index in [1.807, 2.05) is 6.26 Å². The zero-order valence-corrected chi connectivity index (χ0v) is 5.89. The number of Topliss-reactive ketones (excluding diaryl/α,β-unsaturated/α-hetero) is 1. The predicted octanol–water partition coefficient (Wildman–Crippen LogP) is 0.848. The third-order valence-electron chi connectivity index (χ3n) is 0.482. The van der Waals surface area contributed by atoms with E-state index in [0.29, 0.717) is 11.5 Å². The van der Waals surface area contributed by atoms with Gasteiger partial charge in [-0.1, -0.05) is 0 Å². The van der Waals surface area contributed by atoms with Crippen molar-refractivity contribution in [3.05, 3.63) is 0 Å². The Morgan fingerprint density at radius 1 is 1.86 bits per heavy atom. The molecule has 0 saturated heterocycles. The number of carbonyl (C=O) groups excluding carboxylic acids is 1. The smallest absolute Gasteiger partial charge is 0.152 e. The highest BCUT2D eigenvalue weighted by Crippen LogP contribution is 1.91. The fourth-order valence-corrected chi connectivity index (χ4v) is 0.894. The first-order chi connectivity index (χ1) is 3.31. The summed E-state index contributed by atoms with van der Waals surface area (Å²) in [4.78, 5) is 10.3. The summed E-state index contributed by atoms with van der Waals surface area (Å²) in [5.74, 6) is 1.18. The lowest BCUT2D eigenvalue weighted by molar-refractivity contribution is -0.114. The van der Waals surface area contributed by atoms with Crippen molar-refractivity contribution in [2.45, 2.75) is 0 Å². The van der Waals surface area contributed by atoms with Crippen LogP contribution in [-0.2, 0) is 4.79 Å². The van der Waals surface area contributed by atoms with E-state index in [1.54, 1.807) is 0 Å². The second-order valence-corrected chi connectivity index (χ2v) is 2.31. The van der Waals surface area contributed by atoms with Crippen LogP contribution >= 0.6 is 24.4 Å². The molecular weight excluding hydrogens is 128 g/mol. The Bertz CT molecular complexity index is 62.7. The summed E-state index contributed by atoms with van der Waals surface area (Å²) < 4.78 is 0. The Kier molecular flexibility index (Phi) is 4.77. The van der Waals surface area contributed by atoms with Gasteiger partial charge in [-0.15, -0.1) is 0 Å². The molecular formula is C4H8OS2. The molecule has 0 spiro atoms. The molecule has 1 nitrogen and oxygen atoms in total. The van der Waals surface area contributed by atoms with Gasteiger partial charge in [0.25, 0.3) is 0 Å². The van der Waals surface area contributed by atoms with E-state index in [-0.39, 0.29) is 5.78 Å². The number of hydrogen-bond acceptors (Lipinski definition) is 3. The monoisotopic (exact) mass is 136 g/mol. The number of thioether (sulfide) groups is 1. The van der Waals surface area contributed by atoms with E-state index in [2.05, 4.69) is 12.6 Å². The molecule has 0 aliphatic heterocycles. The zero-order valence-electron chi connectivity index (χ0n) is 4.18. The number of thiol groups is 1. The van der Waals surface area contributed by atoms with E-state index < -0.39 is 0 Å². The van der Waals surface area contributed by atoms with Gasteiger partial charge in [0.15, 0.2) is 5.78 Å².